The summed E-state index contributed by atoms with van der Waals surface area (Å²) >= 11 is 5.85. The summed E-state index contributed by atoms with van der Waals surface area (Å²) in [7, 11) is -3.37. The number of ether oxygens (including phenoxy) is 1. The topological polar surface area (TPSA) is 150 Å². The SMILES string of the molecule is COc1ncc(Cl)cc1S(=O)(=O)Nc1ccc(F)c(-c2ccc3c(C(=O)NC(C#N)C4CC4)n[nH]c3c2F)c1F. The number of rotatable bonds is 8. The lowest BCUT2D eigenvalue weighted by atomic mass is 10.0. The van der Waals surface area contributed by atoms with Crippen LogP contribution >= 0.6 is 11.6 Å². The summed E-state index contributed by atoms with van der Waals surface area (Å²) in [5.74, 6) is -4.73. The normalized spacial score (nSPS) is 14.0. The molecule has 40 heavy (non-hydrogen) atoms. The van der Waals surface area contributed by atoms with Crippen molar-refractivity contribution in [3.63, 3.8) is 0 Å². The summed E-state index contributed by atoms with van der Waals surface area (Å²) < 4.78 is 78.9. The first-order valence-corrected chi connectivity index (χ1v) is 13.5. The van der Waals surface area contributed by atoms with Crippen LogP contribution in [-0.4, -0.2) is 42.7 Å². The molecule has 2 aromatic heterocycles. The lowest BCUT2D eigenvalue weighted by molar-refractivity contribution is 0.0938. The van der Waals surface area contributed by atoms with Gasteiger partial charge in [-0.25, -0.2) is 26.6 Å². The number of hydrogen-bond donors (Lipinski definition) is 3. The molecule has 1 unspecified atom stereocenters. The Morgan fingerprint density at radius 2 is 1.98 bits per heavy atom. The minimum absolute atomic E-state index is 0.0180. The van der Waals surface area contributed by atoms with Gasteiger partial charge in [-0.2, -0.15) is 10.4 Å². The molecule has 1 amide bonds. The maximum atomic E-state index is 15.6. The Bertz CT molecular complexity index is 1820. The van der Waals surface area contributed by atoms with Crippen molar-refractivity contribution in [2.45, 2.75) is 23.8 Å². The van der Waals surface area contributed by atoms with E-state index in [1.54, 1.807) is 0 Å². The van der Waals surface area contributed by atoms with Crippen LogP contribution in [-0.2, 0) is 10.0 Å². The molecule has 2 heterocycles. The Labute approximate surface area is 230 Å². The second-order valence-electron chi connectivity index (χ2n) is 8.89. The van der Waals surface area contributed by atoms with E-state index in [9.17, 15) is 22.9 Å². The van der Waals surface area contributed by atoms with E-state index in [2.05, 4.69) is 20.5 Å². The zero-order chi connectivity index (χ0) is 28.8. The predicted molar refractivity (Wildman–Crippen MR) is 138 cm³/mol. The van der Waals surface area contributed by atoms with E-state index < -0.39 is 61.1 Å². The monoisotopic (exact) mass is 590 g/mol. The molecule has 1 fully saturated rings. The fourth-order valence-electron chi connectivity index (χ4n) is 4.15. The first-order valence-electron chi connectivity index (χ1n) is 11.6. The Balaban J connectivity index is 1.52. The summed E-state index contributed by atoms with van der Waals surface area (Å²) in [5.41, 5.74) is -2.64. The summed E-state index contributed by atoms with van der Waals surface area (Å²) in [6.07, 6.45) is 2.75. The number of carbonyl (C=O) groups is 1. The molecule has 1 aliphatic rings. The molecule has 4 aromatic rings. The first kappa shape index (κ1) is 27.2. The number of hydrogen-bond acceptors (Lipinski definition) is 7. The number of amides is 1. The molecule has 1 atom stereocenters. The number of nitriles is 1. The van der Waals surface area contributed by atoms with Crippen molar-refractivity contribution < 1.29 is 31.1 Å². The number of benzene rings is 2. The van der Waals surface area contributed by atoms with Crippen LogP contribution in [0.2, 0.25) is 5.02 Å². The van der Waals surface area contributed by atoms with Crippen molar-refractivity contribution in [3.8, 4) is 23.1 Å². The van der Waals surface area contributed by atoms with Gasteiger partial charge in [0, 0.05) is 17.1 Å². The van der Waals surface area contributed by atoms with Gasteiger partial charge < -0.3 is 10.1 Å². The van der Waals surface area contributed by atoms with E-state index in [4.69, 9.17) is 16.3 Å². The molecule has 0 bridgehead atoms. The minimum Gasteiger partial charge on any atom is -0.480 e. The highest BCUT2D eigenvalue weighted by Gasteiger charge is 2.33. The number of nitrogens with one attached hydrogen (secondary N) is 3. The maximum Gasteiger partial charge on any atom is 0.273 e. The van der Waals surface area contributed by atoms with E-state index in [0.717, 1.165) is 43.3 Å². The van der Waals surface area contributed by atoms with Gasteiger partial charge in [-0.15, -0.1) is 0 Å². The number of pyridine rings is 1. The highest BCUT2D eigenvalue weighted by molar-refractivity contribution is 7.92. The summed E-state index contributed by atoms with van der Waals surface area (Å²) in [6.45, 7) is 0. The molecular formula is C25H18ClF3N6O4S. The maximum absolute atomic E-state index is 15.6. The van der Waals surface area contributed by atoms with Crippen molar-refractivity contribution >= 4 is 44.1 Å². The van der Waals surface area contributed by atoms with E-state index in [1.807, 2.05) is 10.8 Å². The van der Waals surface area contributed by atoms with Crippen LogP contribution in [0.25, 0.3) is 22.0 Å². The Kier molecular flexibility index (Phi) is 7.03. The van der Waals surface area contributed by atoms with Gasteiger partial charge in [-0.1, -0.05) is 17.7 Å². The van der Waals surface area contributed by atoms with Gasteiger partial charge in [0.05, 0.1) is 29.5 Å². The number of sulfonamides is 1. The van der Waals surface area contributed by atoms with E-state index in [-0.39, 0.29) is 33.4 Å². The number of methoxy groups -OCH3 is 1. The highest BCUT2D eigenvalue weighted by atomic mass is 35.5. The molecule has 2 aromatic carbocycles. The number of carbonyl (C=O) groups excluding carboxylic acids is 1. The molecule has 1 aliphatic carbocycles. The van der Waals surface area contributed by atoms with Crippen molar-refractivity contribution in [1.29, 1.82) is 5.26 Å². The Morgan fingerprint density at radius 1 is 1.23 bits per heavy atom. The predicted octanol–water partition coefficient (Wildman–Crippen LogP) is 4.54. The molecule has 0 radical (unpaired) electrons. The smallest absolute Gasteiger partial charge is 0.273 e. The zero-order valence-corrected chi connectivity index (χ0v) is 22.0. The van der Waals surface area contributed by atoms with Crippen molar-refractivity contribution in [1.82, 2.24) is 20.5 Å². The number of H-pyrrole nitrogens is 1. The third kappa shape index (κ3) is 4.89. The average molecular weight is 591 g/mol. The van der Waals surface area contributed by atoms with E-state index in [0.29, 0.717) is 0 Å². The third-order valence-electron chi connectivity index (χ3n) is 6.28. The Hall–Kier alpha value is -4.35. The van der Waals surface area contributed by atoms with Gasteiger partial charge in [0.1, 0.15) is 17.4 Å². The molecule has 5 rings (SSSR count). The van der Waals surface area contributed by atoms with Crippen LogP contribution in [0, 0.1) is 34.7 Å². The fourth-order valence-corrected chi connectivity index (χ4v) is 5.58. The van der Waals surface area contributed by atoms with Crippen molar-refractivity contribution in [2.24, 2.45) is 5.92 Å². The van der Waals surface area contributed by atoms with Gasteiger partial charge in [-0.3, -0.25) is 14.6 Å². The summed E-state index contributed by atoms with van der Waals surface area (Å²) in [4.78, 5) is 15.9. The highest BCUT2D eigenvalue weighted by Crippen LogP contribution is 2.37. The number of nitrogens with zero attached hydrogens (tertiary/aromatic N) is 3. The molecular weight excluding hydrogens is 573 g/mol. The molecule has 0 spiro atoms. The molecule has 206 valence electrons. The third-order valence-corrected chi connectivity index (χ3v) is 7.85. The largest absolute Gasteiger partial charge is 0.480 e. The lowest BCUT2D eigenvalue weighted by Crippen LogP contribution is -2.35. The first-order chi connectivity index (χ1) is 19.1. The molecule has 15 heteroatoms. The molecule has 3 N–H and O–H groups in total. The van der Waals surface area contributed by atoms with Gasteiger partial charge in [-0.05, 0) is 43.0 Å². The van der Waals surface area contributed by atoms with E-state index >= 15 is 8.78 Å². The number of aromatic nitrogens is 3. The molecule has 0 saturated heterocycles. The average Bonchev–Trinajstić information content (AvgIpc) is 3.67. The second kappa shape index (κ2) is 10.3. The van der Waals surface area contributed by atoms with Crippen LogP contribution in [0.15, 0.2) is 41.4 Å². The minimum atomic E-state index is -4.54. The van der Waals surface area contributed by atoms with Crippen molar-refractivity contribution in [2.75, 3.05) is 11.8 Å². The van der Waals surface area contributed by atoms with Gasteiger partial charge >= 0.3 is 0 Å². The number of fused-ring (bicyclic) bond motifs is 1. The van der Waals surface area contributed by atoms with Gasteiger partial charge in [0.15, 0.2) is 22.2 Å². The van der Waals surface area contributed by atoms with Crippen LogP contribution in [0.5, 0.6) is 5.88 Å². The molecule has 0 aliphatic heterocycles. The van der Waals surface area contributed by atoms with Crippen LogP contribution in [0.4, 0.5) is 18.9 Å². The zero-order valence-electron chi connectivity index (χ0n) is 20.4. The van der Waals surface area contributed by atoms with Gasteiger partial charge in [0.2, 0.25) is 5.88 Å². The number of aromatic amines is 1. The van der Waals surface area contributed by atoms with E-state index in [1.165, 1.54) is 13.2 Å². The quantitative estimate of drug-likeness (QED) is 0.273. The fraction of sp³-hybridized carbons (Fsp3) is 0.200. The van der Waals surface area contributed by atoms with Crippen LogP contribution < -0.4 is 14.8 Å². The van der Waals surface area contributed by atoms with Crippen LogP contribution in [0.1, 0.15) is 23.3 Å². The number of halogens is 4. The number of anilines is 1. The second-order valence-corrected chi connectivity index (χ2v) is 11.0. The lowest BCUT2D eigenvalue weighted by Gasteiger charge is -2.14. The Morgan fingerprint density at radius 3 is 2.65 bits per heavy atom. The van der Waals surface area contributed by atoms with Crippen molar-refractivity contribution in [3.05, 3.63) is 64.7 Å². The van der Waals surface area contributed by atoms with Crippen LogP contribution in [0.3, 0.4) is 0 Å². The standard InChI is InChI=1S/C25H18ClF3N6O4S/c1-39-25-18(8-12(26)10-31-25)40(37,38)35-16-7-6-15(27)19(21(16)29)13-4-5-14-22(20(13)28)33-34-23(14)24(36)32-17(9-30)11-2-3-11/h4-8,10-11,17,35H,2-3H2,1H3,(H,32,36)(H,33,34). The summed E-state index contributed by atoms with van der Waals surface area (Å²) in [6, 6.07) is 6.18. The molecule has 10 nitrogen and oxygen atoms in total. The van der Waals surface area contributed by atoms with Gasteiger partial charge in [0.25, 0.3) is 15.9 Å². The summed E-state index contributed by atoms with van der Waals surface area (Å²) in [5, 5.41) is 18.0. The molecule has 1 saturated carbocycles.